The minimum absolute atomic E-state index is 0.396. The number of amides is 1. The second-order valence-corrected chi connectivity index (χ2v) is 7.79. The van der Waals surface area contributed by atoms with Crippen molar-refractivity contribution in [2.75, 3.05) is 5.32 Å². The fraction of sp³-hybridized carbons (Fsp3) is 0.500. The van der Waals surface area contributed by atoms with Crippen molar-refractivity contribution in [1.82, 2.24) is 0 Å². The number of rotatable bonds is 2. The van der Waals surface area contributed by atoms with Crippen molar-refractivity contribution in [3.8, 4) is 0 Å². The Morgan fingerprint density at radius 1 is 1.13 bits per heavy atom. The third kappa shape index (κ3) is 1.70. The van der Waals surface area contributed by atoms with Crippen LogP contribution in [-0.2, 0) is 14.4 Å². The van der Waals surface area contributed by atoms with Crippen LogP contribution in [0.1, 0.15) is 39.2 Å². The average molecular weight is 334 g/mol. The fourth-order valence-electron chi connectivity index (χ4n) is 4.24. The molecule has 1 aromatic rings. The van der Waals surface area contributed by atoms with Crippen LogP contribution in [0.25, 0.3) is 0 Å². The van der Waals surface area contributed by atoms with Gasteiger partial charge in [0.25, 0.3) is 0 Å². The van der Waals surface area contributed by atoms with Gasteiger partial charge in [-0.25, -0.2) is 0 Å². The van der Waals surface area contributed by atoms with Crippen molar-refractivity contribution in [3.05, 3.63) is 28.8 Å². The first-order valence-electron chi connectivity index (χ1n) is 7.75. The quantitative estimate of drug-likeness (QED) is 0.665. The molecule has 0 radical (unpaired) electrons. The molecule has 4 nitrogen and oxygen atoms in total. The Bertz CT molecular complexity index is 755. The molecule has 122 valence electrons. The summed E-state index contributed by atoms with van der Waals surface area (Å²) >= 11 is 6.09. The summed E-state index contributed by atoms with van der Waals surface area (Å²) in [5, 5.41) is 3.38. The molecule has 1 amide bonds. The molecule has 3 rings (SSSR count). The summed E-state index contributed by atoms with van der Waals surface area (Å²) < 4.78 is 0. The number of nitrogens with one attached hydrogen (secondary N) is 1. The van der Waals surface area contributed by atoms with E-state index in [4.69, 9.17) is 11.6 Å². The van der Waals surface area contributed by atoms with Crippen LogP contribution >= 0.6 is 11.6 Å². The standard InChI is InChI=1S/C18H20ClNO3/c1-10-11(19)6-5-7-12(10)20-15(23)18-9-8-17(4,16(18,2)3)13(21)14(18)22/h5-7H,8-9H2,1-4H3,(H,20,23)/t17-,18-/m1/s1. The molecule has 0 saturated heterocycles. The Balaban J connectivity index is 2.04. The van der Waals surface area contributed by atoms with Gasteiger partial charge in [0.1, 0.15) is 5.41 Å². The van der Waals surface area contributed by atoms with Crippen LogP contribution in [0.3, 0.4) is 0 Å². The van der Waals surface area contributed by atoms with E-state index in [9.17, 15) is 14.4 Å². The first-order chi connectivity index (χ1) is 10.6. The maximum absolute atomic E-state index is 13.0. The van der Waals surface area contributed by atoms with Crippen LogP contribution in [-0.4, -0.2) is 17.5 Å². The van der Waals surface area contributed by atoms with Gasteiger partial charge in [-0.1, -0.05) is 38.4 Å². The van der Waals surface area contributed by atoms with Crippen molar-refractivity contribution in [1.29, 1.82) is 0 Å². The number of hydrogen-bond acceptors (Lipinski definition) is 3. The molecule has 0 spiro atoms. The van der Waals surface area contributed by atoms with Gasteiger partial charge in [-0.2, -0.15) is 0 Å². The number of Topliss-reactive ketones (excluding diaryl/α,β-unsaturated/α-hetero) is 2. The minimum Gasteiger partial charge on any atom is -0.325 e. The highest BCUT2D eigenvalue weighted by Gasteiger charge is 2.77. The summed E-state index contributed by atoms with van der Waals surface area (Å²) in [6.45, 7) is 7.32. The van der Waals surface area contributed by atoms with Crippen LogP contribution in [0.4, 0.5) is 5.69 Å². The lowest BCUT2D eigenvalue weighted by atomic mass is 9.64. The van der Waals surface area contributed by atoms with Crippen molar-refractivity contribution in [2.24, 2.45) is 16.2 Å². The lowest BCUT2D eigenvalue weighted by molar-refractivity contribution is -0.147. The van der Waals surface area contributed by atoms with Gasteiger partial charge in [-0.15, -0.1) is 0 Å². The highest BCUT2D eigenvalue weighted by atomic mass is 35.5. The zero-order chi connectivity index (χ0) is 17.2. The third-order valence-corrected chi connectivity index (χ3v) is 6.85. The van der Waals surface area contributed by atoms with E-state index in [0.717, 1.165) is 5.56 Å². The summed E-state index contributed by atoms with van der Waals surface area (Å²) in [4.78, 5) is 38.1. The van der Waals surface area contributed by atoms with Crippen molar-refractivity contribution < 1.29 is 14.4 Å². The Labute approximate surface area is 140 Å². The normalized spacial score (nSPS) is 31.5. The second-order valence-electron chi connectivity index (χ2n) is 7.39. The van der Waals surface area contributed by atoms with Crippen molar-refractivity contribution >= 4 is 34.8 Å². The van der Waals surface area contributed by atoms with E-state index in [-0.39, 0.29) is 0 Å². The first kappa shape index (κ1) is 16.2. The average Bonchev–Trinajstić information content (AvgIpc) is 2.76. The second kappa shape index (κ2) is 4.67. The van der Waals surface area contributed by atoms with Crippen LogP contribution in [0.2, 0.25) is 5.02 Å². The number of halogens is 1. The molecular weight excluding hydrogens is 314 g/mol. The number of fused-ring (bicyclic) bond motifs is 2. The van der Waals surface area contributed by atoms with E-state index in [0.29, 0.717) is 23.6 Å². The summed E-state index contributed by atoms with van der Waals surface area (Å²) in [6.07, 6.45) is 0.971. The molecule has 5 heteroatoms. The monoisotopic (exact) mass is 333 g/mol. The zero-order valence-electron chi connectivity index (χ0n) is 13.7. The first-order valence-corrected chi connectivity index (χ1v) is 8.13. The summed E-state index contributed by atoms with van der Waals surface area (Å²) in [5.41, 5.74) is -1.42. The molecule has 0 heterocycles. The van der Waals surface area contributed by atoms with Gasteiger partial charge >= 0.3 is 0 Å². The molecule has 2 atom stereocenters. The van der Waals surface area contributed by atoms with Crippen molar-refractivity contribution in [3.63, 3.8) is 0 Å². The summed E-state index contributed by atoms with van der Waals surface area (Å²) in [6, 6.07) is 5.23. The van der Waals surface area contributed by atoms with E-state index < -0.39 is 33.7 Å². The topological polar surface area (TPSA) is 63.2 Å². The Morgan fingerprint density at radius 2 is 1.78 bits per heavy atom. The zero-order valence-corrected chi connectivity index (χ0v) is 14.5. The van der Waals surface area contributed by atoms with Crippen LogP contribution in [0, 0.1) is 23.2 Å². The van der Waals surface area contributed by atoms with Gasteiger partial charge in [0.2, 0.25) is 17.5 Å². The van der Waals surface area contributed by atoms with E-state index in [1.165, 1.54) is 0 Å². The smallest absolute Gasteiger partial charge is 0.239 e. The lowest BCUT2D eigenvalue weighted by Crippen LogP contribution is -2.47. The van der Waals surface area contributed by atoms with E-state index >= 15 is 0 Å². The maximum Gasteiger partial charge on any atom is 0.239 e. The molecule has 2 aliphatic carbocycles. The van der Waals surface area contributed by atoms with E-state index in [2.05, 4.69) is 5.32 Å². The lowest BCUT2D eigenvalue weighted by Gasteiger charge is -2.37. The number of hydrogen-bond donors (Lipinski definition) is 1. The van der Waals surface area contributed by atoms with Gasteiger partial charge in [-0.3, -0.25) is 14.4 Å². The molecule has 23 heavy (non-hydrogen) atoms. The molecule has 2 bridgehead atoms. The number of benzene rings is 1. The van der Waals surface area contributed by atoms with Gasteiger partial charge in [0.05, 0.1) is 0 Å². The molecular formula is C18H20ClNO3. The number of carbonyl (C=O) groups excluding carboxylic acids is 3. The van der Waals surface area contributed by atoms with Gasteiger partial charge in [0.15, 0.2) is 0 Å². The Kier molecular flexibility index (Phi) is 3.28. The molecule has 0 aromatic heterocycles. The van der Waals surface area contributed by atoms with E-state index in [1.54, 1.807) is 32.0 Å². The molecule has 1 aromatic carbocycles. The minimum atomic E-state index is -1.28. The molecule has 2 aliphatic rings. The van der Waals surface area contributed by atoms with E-state index in [1.807, 2.05) is 13.8 Å². The predicted molar refractivity (Wildman–Crippen MR) is 88.4 cm³/mol. The van der Waals surface area contributed by atoms with Gasteiger partial charge in [0, 0.05) is 16.1 Å². The van der Waals surface area contributed by atoms with Gasteiger partial charge < -0.3 is 5.32 Å². The predicted octanol–water partition coefficient (Wildman–Crippen LogP) is 3.55. The number of ketones is 2. The van der Waals surface area contributed by atoms with Crippen LogP contribution < -0.4 is 5.32 Å². The summed E-state index contributed by atoms with van der Waals surface area (Å²) in [5.74, 6) is -1.35. The number of anilines is 1. The molecule has 2 fully saturated rings. The Hall–Kier alpha value is -1.68. The fourth-order valence-corrected chi connectivity index (χ4v) is 4.42. The maximum atomic E-state index is 13.0. The molecule has 1 N–H and O–H groups in total. The highest BCUT2D eigenvalue weighted by molar-refractivity contribution is 6.49. The van der Waals surface area contributed by atoms with Crippen molar-refractivity contribution in [2.45, 2.75) is 40.5 Å². The third-order valence-electron chi connectivity index (χ3n) is 6.44. The van der Waals surface area contributed by atoms with Crippen LogP contribution in [0.5, 0.6) is 0 Å². The highest BCUT2D eigenvalue weighted by Crippen LogP contribution is 2.69. The molecule has 0 unspecified atom stereocenters. The summed E-state index contributed by atoms with van der Waals surface area (Å²) in [7, 11) is 0. The Morgan fingerprint density at radius 3 is 2.35 bits per heavy atom. The molecule has 0 aliphatic heterocycles. The van der Waals surface area contributed by atoms with Crippen LogP contribution in [0.15, 0.2) is 18.2 Å². The van der Waals surface area contributed by atoms with Gasteiger partial charge in [-0.05, 0) is 42.9 Å². The SMILES string of the molecule is Cc1c(Cl)cccc1NC(=O)[C@@]12CC[C@](C)(C(=O)C1=O)C2(C)C. The molecule has 2 saturated carbocycles. The number of carbonyl (C=O) groups is 3. The largest absolute Gasteiger partial charge is 0.325 e.